The monoisotopic (exact) mass is 506 g/mol. The maximum Gasteiger partial charge on any atom is 0.259 e. The second-order valence-electron chi connectivity index (χ2n) is 9.91. The van der Waals surface area contributed by atoms with E-state index in [1.54, 1.807) is 31.3 Å². The number of halogens is 2. The summed E-state index contributed by atoms with van der Waals surface area (Å²) in [7, 11) is -2.15. The van der Waals surface area contributed by atoms with Crippen molar-refractivity contribution in [2.24, 2.45) is 5.41 Å². The van der Waals surface area contributed by atoms with Crippen LogP contribution in [0, 0.1) is 44.7 Å². The van der Waals surface area contributed by atoms with Crippen LogP contribution in [0.4, 0.5) is 8.78 Å². The number of nitrogens with zero attached hydrogens (tertiary/aromatic N) is 2. The summed E-state index contributed by atoms with van der Waals surface area (Å²) in [6.07, 6.45) is 1.85. The van der Waals surface area contributed by atoms with Crippen molar-refractivity contribution in [1.82, 2.24) is 9.21 Å². The molecule has 190 valence electrons. The molecule has 0 bridgehead atoms. The fourth-order valence-electron chi connectivity index (χ4n) is 5.46. The molecule has 35 heavy (non-hydrogen) atoms. The molecule has 0 atom stereocenters. The van der Waals surface area contributed by atoms with Crippen molar-refractivity contribution < 1.29 is 26.7 Å². The third-order valence-corrected chi connectivity index (χ3v) is 9.94. The predicted octanol–water partition coefficient (Wildman–Crippen LogP) is 4.52. The molecule has 1 amide bonds. The van der Waals surface area contributed by atoms with Crippen molar-refractivity contribution in [1.29, 1.82) is 0 Å². The van der Waals surface area contributed by atoms with Crippen LogP contribution in [0.15, 0.2) is 23.1 Å². The minimum absolute atomic E-state index is 0.222. The van der Waals surface area contributed by atoms with Crippen molar-refractivity contribution >= 4 is 15.9 Å². The lowest BCUT2D eigenvalue weighted by Crippen LogP contribution is -2.45. The molecule has 0 saturated carbocycles. The van der Waals surface area contributed by atoms with Gasteiger partial charge in [0.1, 0.15) is 22.9 Å². The van der Waals surface area contributed by atoms with E-state index in [0.717, 1.165) is 11.6 Å². The molecule has 0 aromatic heterocycles. The van der Waals surface area contributed by atoms with Crippen LogP contribution in [0.5, 0.6) is 5.75 Å². The number of hydrogen-bond donors (Lipinski definition) is 0. The molecule has 0 N–H and O–H groups in total. The van der Waals surface area contributed by atoms with Crippen LogP contribution in [0.2, 0.25) is 0 Å². The summed E-state index contributed by atoms with van der Waals surface area (Å²) in [4.78, 5) is 14.7. The van der Waals surface area contributed by atoms with Gasteiger partial charge in [-0.05, 0) is 86.8 Å². The molecule has 0 radical (unpaired) electrons. The summed E-state index contributed by atoms with van der Waals surface area (Å²) in [5, 5.41) is 0. The van der Waals surface area contributed by atoms with Crippen LogP contribution < -0.4 is 4.74 Å². The number of aryl methyl sites for hydroxylation is 2. The smallest absolute Gasteiger partial charge is 0.259 e. The Kier molecular flexibility index (Phi) is 6.70. The van der Waals surface area contributed by atoms with Crippen LogP contribution in [-0.2, 0) is 10.0 Å². The molecule has 4 rings (SSSR count). The van der Waals surface area contributed by atoms with Gasteiger partial charge in [0.15, 0.2) is 0 Å². The number of likely N-dealkylation sites (tertiary alicyclic amines) is 1. The van der Waals surface area contributed by atoms with Gasteiger partial charge in [-0.1, -0.05) is 6.07 Å². The molecule has 2 saturated heterocycles. The van der Waals surface area contributed by atoms with E-state index in [0.29, 0.717) is 67.2 Å². The lowest BCUT2D eigenvalue weighted by Gasteiger charge is -2.39. The first-order valence-electron chi connectivity index (χ1n) is 11.8. The highest BCUT2D eigenvalue weighted by Gasteiger charge is 2.46. The van der Waals surface area contributed by atoms with Gasteiger partial charge in [-0.3, -0.25) is 4.79 Å². The molecule has 0 aliphatic carbocycles. The third-order valence-electron chi connectivity index (χ3n) is 7.81. The third kappa shape index (κ3) is 4.33. The Morgan fingerprint density at radius 3 is 2.23 bits per heavy atom. The number of piperidine rings is 1. The predicted molar refractivity (Wildman–Crippen MR) is 129 cm³/mol. The molecule has 2 fully saturated rings. The Morgan fingerprint density at radius 1 is 0.971 bits per heavy atom. The van der Waals surface area contributed by atoms with Crippen molar-refractivity contribution in [3.8, 4) is 5.75 Å². The number of amides is 1. The number of sulfonamides is 1. The van der Waals surface area contributed by atoms with Crippen molar-refractivity contribution in [3.05, 3.63) is 57.7 Å². The van der Waals surface area contributed by atoms with E-state index in [4.69, 9.17) is 4.74 Å². The number of ether oxygens (including phenoxy) is 1. The summed E-state index contributed by atoms with van der Waals surface area (Å²) >= 11 is 0. The molecular formula is C26H32F2N2O4S. The first-order chi connectivity index (χ1) is 16.4. The van der Waals surface area contributed by atoms with Gasteiger partial charge in [0.05, 0.1) is 12.0 Å². The highest BCUT2D eigenvalue weighted by atomic mass is 32.2. The van der Waals surface area contributed by atoms with Gasteiger partial charge in [0.25, 0.3) is 5.91 Å². The van der Waals surface area contributed by atoms with E-state index in [2.05, 4.69) is 0 Å². The zero-order chi connectivity index (χ0) is 25.7. The number of benzene rings is 2. The second-order valence-corrected chi connectivity index (χ2v) is 11.8. The van der Waals surface area contributed by atoms with E-state index < -0.39 is 33.1 Å². The number of hydrogen-bond acceptors (Lipinski definition) is 4. The number of carbonyl (C=O) groups is 1. The fraction of sp³-hybridized carbons (Fsp3) is 0.500. The van der Waals surface area contributed by atoms with Gasteiger partial charge in [-0.15, -0.1) is 0 Å². The minimum Gasteiger partial charge on any atom is -0.496 e. The number of rotatable bonds is 4. The summed E-state index contributed by atoms with van der Waals surface area (Å²) in [6, 6.07) is 4.18. The standard InChI is InChI=1S/C26H32F2N2O4S/c1-16-6-7-20(27)22(23(16)28)25(31)29-11-8-26(9-12-29)10-13-30(15-26)35(32,33)24-17(2)14-21(34-5)18(3)19(24)4/h6-7,14H,8-13,15H2,1-5H3. The van der Waals surface area contributed by atoms with Gasteiger partial charge in [0, 0.05) is 26.2 Å². The lowest BCUT2D eigenvalue weighted by molar-refractivity contribution is 0.0590. The van der Waals surface area contributed by atoms with Crippen molar-refractivity contribution in [2.75, 3.05) is 33.3 Å². The van der Waals surface area contributed by atoms with E-state index in [1.165, 1.54) is 17.9 Å². The van der Waals surface area contributed by atoms with Gasteiger partial charge in [-0.2, -0.15) is 4.31 Å². The molecule has 1 spiro atoms. The SMILES string of the molecule is COc1cc(C)c(S(=O)(=O)N2CCC3(CCN(C(=O)c4c(F)ccc(C)c4F)CC3)C2)c(C)c1C. The summed E-state index contributed by atoms with van der Waals surface area (Å²) < 4.78 is 63.0. The molecule has 2 aromatic carbocycles. The molecule has 0 unspecified atom stereocenters. The van der Waals surface area contributed by atoms with Crippen LogP contribution >= 0.6 is 0 Å². The largest absolute Gasteiger partial charge is 0.496 e. The van der Waals surface area contributed by atoms with E-state index in [9.17, 15) is 22.0 Å². The Hall–Kier alpha value is -2.52. The normalized spacial score (nSPS) is 18.3. The molecule has 6 nitrogen and oxygen atoms in total. The zero-order valence-corrected chi connectivity index (χ0v) is 21.7. The highest BCUT2D eigenvalue weighted by Crippen LogP contribution is 2.43. The van der Waals surface area contributed by atoms with Crippen LogP contribution in [0.1, 0.15) is 51.9 Å². The minimum atomic E-state index is -3.71. The molecule has 2 aliphatic heterocycles. The van der Waals surface area contributed by atoms with Gasteiger partial charge < -0.3 is 9.64 Å². The maximum atomic E-state index is 14.5. The Bertz CT molecular complexity index is 1280. The van der Waals surface area contributed by atoms with Gasteiger partial charge in [-0.25, -0.2) is 17.2 Å². The average Bonchev–Trinajstić information content (AvgIpc) is 3.23. The van der Waals surface area contributed by atoms with E-state index in [1.807, 2.05) is 6.92 Å². The molecule has 9 heteroatoms. The summed E-state index contributed by atoms with van der Waals surface area (Å²) in [5.74, 6) is -1.68. The number of carbonyl (C=O) groups excluding carboxylic acids is 1. The lowest BCUT2D eigenvalue weighted by atomic mass is 9.77. The molecular weight excluding hydrogens is 474 g/mol. The molecule has 2 aromatic rings. The Labute approximate surface area is 205 Å². The highest BCUT2D eigenvalue weighted by molar-refractivity contribution is 7.89. The van der Waals surface area contributed by atoms with Gasteiger partial charge in [0.2, 0.25) is 10.0 Å². The summed E-state index contributed by atoms with van der Waals surface area (Å²) in [5.41, 5.74) is 1.58. The second kappa shape index (κ2) is 9.17. The topological polar surface area (TPSA) is 66.9 Å². The van der Waals surface area contributed by atoms with Crippen molar-refractivity contribution in [3.63, 3.8) is 0 Å². The summed E-state index contributed by atoms with van der Waals surface area (Å²) in [6.45, 7) is 8.37. The van der Waals surface area contributed by atoms with E-state index >= 15 is 0 Å². The van der Waals surface area contributed by atoms with Gasteiger partial charge >= 0.3 is 0 Å². The van der Waals surface area contributed by atoms with E-state index in [-0.39, 0.29) is 11.0 Å². The van der Waals surface area contributed by atoms with Crippen LogP contribution in [-0.4, -0.2) is 56.8 Å². The first-order valence-corrected chi connectivity index (χ1v) is 13.2. The Balaban J connectivity index is 1.51. The Morgan fingerprint density at radius 2 is 1.60 bits per heavy atom. The van der Waals surface area contributed by atoms with Crippen LogP contribution in [0.25, 0.3) is 0 Å². The fourth-order valence-corrected chi connectivity index (χ4v) is 7.50. The molecule has 2 heterocycles. The average molecular weight is 507 g/mol. The quantitative estimate of drug-likeness (QED) is 0.612. The van der Waals surface area contributed by atoms with Crippen molar-refractivity contribution in [2.45, 2.75) is 51.9 Å². The number of methoxy groups -OCH3 is 1. The maximum absolute atomic E-state index is 14.5. The van der Waals surface area contributed by atoms with Crippen LogP contribution in [0.3, 0.4) is 0 Å². The first kappa shape index (κ1) is 25.6. The zero-order valence-electron chi connectivity index (χ0n) is 20.9. The molecule has 2 aliphatic rings.